The molecule has 2 aromatic rings. The fourth-order valence-corrected chi connectivity index (χ4v) is 4.57. The first-order chi connectivity index (χ1) is 11.4. The fraction of sp³-hybridized carbons (Fsp3) is 0.471. The summed E-state index contributed by atoms with van der Waals surface area (Å²) in [6.45, 7) is 5.32. The molecule has 0 bridgehead atoms. The molecule has 0 N–H and O–H groups in total. The second-order valence-corrected chi connectivity index (χ2v) is 8.47. The Morgan fingerprint density at radius 2 is 2.08 bits per heavy atom. The van der Waals surface area contributed by atoms with Gasteiger partial charge in [0.15, 0.2) is 5.89 Å². The summed E-state index contributed by atoms with van der Waals surface area (Å²) in [7, 11) is -3.54. The molecule has 0 saturated heterocycles. The highest BCUT2D eigenvalue weighted by Crippen LogP contribution is 2.31. The summed E-state index contributed by atoms with van der Waals surface area (Å²) in [6, 6.07) is 5.10. The number of nitrogens with zero attached hydrogens (tertiary/aromatic N) is 2. The minimum absolute atomic E-state index is 0.192. The van der Waals surface area contributed by atoms with Gasteiger partial charge in [-0.3, -0.25) is 0 Å². The number of benzene rings is 1. The Kier molecular flexibility index (Phi) is 3.65. The van der Waals surface area contributed by atoms with Gasteiger partial charge >= 0.3 is 0 Å². The van der Waals surface area contributed by atoms with Crippen LogP contribution >= 0.6 is 0 Å². The van der Waals surface area contributed by atoms with Gasteiger partial charge in [-0.25, -0.2) is 13.4 Å². The minimum atomic E-state index is -3.54. The van der Waals surface area contributed by atoms with Crippen molar-refractivity contribution < 1.29 is 17.6 Å². The minimum Gasteiger partial charge on any atom is -0.493 e. The molecule has 2 aliphatic rings. The van der Waals surface area contributed by atoms with E-state index in [4.69, 9.17) is 9.15 Å². The molecule has 0 amide bonds. The summed E-state index contributed by atoms with van der Waals surface area (Å²) in [5.74, 6) is 2.46. The lowest BCUT2D eigenvalue weighted by atomic mass is 10.2. The predicted molar refractivity (Wildman–Crippen MR) is 87.5 cm³/mol. The molecule has 0 aliphatic carbocycles. The van der Waals surface area contributed by atoms with Gasteiger partial charge in [-0.05, 0) is 23.8 Å². The van der Waals surface area contributed by atoms with Crippen LogP contribution in [0, 0.1) is 0 Å². The van der Waals surface area contributed by atoms with E-state index >= 15 is 0 Å². The lowest BCUT2D eigenvalue weighted by Crippen LogP contribution is -2.35. The molecular formula is C17H20N2O4S. The van der Waals surface area contributed by atoms with Gasteiger partial charge in [0.2, 0.25) is 10.0 Å². The molecule has 1 aromatic carbocycles. The van der Waals surface area contributed by atoms with Gasteiger partial charge in [-0.15, -0.1) is 0 Å². The normalized spacial score (nSPS) is 17.6. The van der Waals surface area contributed by atoms with Crippen LogP contribution in [-0.4, -0.2) is 30.9 Å². The number of fused-ring (bicyclic) bond motifs is 2. The third-order valence-electron chi connectivity index (χ3n) is 4.50. The third-order valence-corrected chi connectivity index (χ3v) is 6.34. The van der Waals surface area contributed by atoms with Crippen molar-refractivity contribution in [2.75, 3.05) is 13.2 Å². The molecule has 0 fully saturated rings. The van der Waals surface area contributed by atoms with Crippen LogP contribution in [0.15, 0.2) is 27.5 Å². The Labute approximate surface area is 141 Å². The Morgan fingerprint density at radius 3 is 2.88 bits per heavy atom. The number of ether oxygens (including phenoxy) is 1. The van der Waals surface area contributed by atoms with Crippen molar-refractivity contribution in [1.29, 1.82) is 0 Å². The van der Waals surface area contributed by atoms with Crippen LogP contribution in [0.2, 0.25) is 0 Å². The first kappa shape index (κ1) is 15.7. The van der Waals surface area contributed by atoms with Crippen LogP contribution in [0.4, 0.5) is 0 Å². The predicted octanol–water partition coefficient (Wildman–Crippen LogP) is 2.48. The van der Waals surface area contributed by atoms with Gasteiger partial charge in [-0.1, -0.05) is 13.8 Å². The molecule has 24 heavy (non-hydrogen) atoms. The standard InChI is InChI=1S/C17H20N2O4S/c1-11(2)17-18-14-10-19(7-5-16(14)23-17)24(20,21)13-3-4-15-12(9-13)6-8-22-15/h3-4,9,11H,5-8,10H2,1-2H3. The highest BCUT2D eigenvalue weighted by molar-refractivity contribution is 7.89. The first-order valence-electron chi connectivity index (χ1n) is 8.19. The van der Waals surface area contributed by atoms with Crippen molar-refractivity contribution in [3.63, 3.8) is 0 Å². The van der Waals surface area contributed by atoms with E-state index in [2.05, 4.69) is 4.98 Å². The van der Waals surface area contributed by atoms with Crippen LogP contribution in [0.25, 0.3) is 0 Å². The molecule has 0 atom stereocenters. The van der Waals surface area contributed by atoms with Crippen molar-refractivity contribution in [2.24, 2.45) is 0 Å². The highest BCUT2D eigenvalue weighted by atomic mass is 32.2. The average Bonchev–Trinajstić information content (AvgIpc) is 3.19. The Bertz CT molecular complexity index is 886. The van der Waals surface area contributed by atoms with E-state index in [0.29, 0.717) is 30.4 Å². The summed E-state index contributed by atoms with van der Waals surface area (Å²) in [5, 5.41) is 0. The Balaban J connectivity index is 1.63. The first-order valence-corrected chi connectivity index (χ1v) is 9.63. The maximum atomic E-state index is 13.0. The van der Waals surface area contributed by atoms with Crippen LogP contribution < -0.4 is 4.74 Å². The molecular weight excluding hydrogens is 328 g/mol. The molecule has 128 valence electrons. The van der Waals surface area contributed by atoms with Gasteiger partial charge in [0.05, 0.1) is 23.7 Å². The molecule has 4 rings (SSSR count). The SMILES string of the molecule is CC(C)c1nc2c(o1)CCN(S(=O)(=O)c1ccc3c(c1)CCO3)C2. The second-order valence-electron chi connectivity index (χ2n) is 6.53. The average molecular weight is 348 g/mol. The Hall–Kier alpha value is -1.86. The molecule has 2 aliphatic heterocycles. The molecule has 6 nitrogen and oxygen atoms in total. The maximum Gasteiger partial charge on any atom is 0.243 e. The summed E-state index contributed by atoms with van der Waals surface area (Å²) in [6.07, 6.45) is 1.31. The van der Waals surface area contributed by atoms with Gasteiger partial charge in [-0.2, -0.15) is 4.31 Å². The zero-order valence-corrected chi connectivity index (χ0v) is 14.6. The van der Waals surface area contributed by atoms with E-state index in [0.717, 1.165) is 29.2 Å². The molecule has 7 heteroatoms. The quantitative estimate of drug-likeness (QED) is 0.852. The third kappa shape index (κ3) is 2.52. The fourth-order valence-electron chi connectivity index (χ4n) is 3.12. The van der Waals surface area contributed by atoms with Gasteiger partial charge in [0, 0.05) is 25.3 Å². The van der Waals surface area contributed by atoms with Crippen LogP contribution in [0.5, 0.6) is 5.75 Å². The van der Waals surface area contributed by atoms with Crippen molar-refractivity contribution >= 4 is 10.0 Å². The van der Waals surface area contributed by atoms with Crippen molar-refractivity contribution in [2.45, 2.75) is 44.0 Å². The number of rotatable bonds is 3. The summed E-state index contributed by atoms with van der Waals surface area (Å²) in [5.41, 5.74) is 1.69. The zero-order chi connectivity index (χ0) is 16.9. The lowest BCUT2D eigenvalue weighted by molar-refractivity contribution is 0.353. The molecule has 0 radical (unpaired) electrons. The van der Waals surface area contributed by atoms with Crippen LogP contribution in [0.3, 0.4) is 0 Å². The summed E-state index contributed by atoms with van der Waals surface area (Å²) < 4.78 is 38.6. The molecule has 0 unspecified atom stereocenters. The van der Waals surface area contributed by atoms with Gasteiger partial charge in [0.25, 0.3) is 0 Å². The summed E-state index contributed by atoms with van der Waals surface area (Å²) in [4.78, 5) is 4.79. The van der Waals surface area contributed by atoms with E-state index in [9.17, 15) is 8.42 Å². The van der Waals surface area contributed by atoms with Gasteiger partial charge in [0.1, 0.15) is 11.5 Å². The summed E-state index contributed by atoms with van der Waals surface area (Å²) >= 11 is 0. The van der Waals surface area contributed by atoms with Crippen molar-refractivity contribution in [3.05, 3.63) is 41.1 Å². The van der Waals surface area contributed by atoms with E-state index in [-0.39, 0.29) is 12.5 Å². The monoisotopic (exact) mass is 348 g/mol. The molecule has 3 heterocycles. The molecule has 0 spiro atoms. The van der Waals surface area contributed by atoms with E-state index in [1.807, 2.05) is 13.8 Å². The number of oxazole rings is 1. The Morgan fingerprint density at radius 1 is 1.25 bits per heavy atom. The lowest BCUT2D eigenvalue weighted by Gasteiger charge is -2.24. The number of aromatic nitrogens is 1. The highest BCUT2D eigenvalue weighted by Gasteiger charge is 2.32. The van der Waals surface area contributed by atoms with Gasteiger partial charge < -0.3 is 9.15 Å². The van der Waals surface area contributed by atoms with Crippen LogP contribution in [0.1, 0.15) is 42.7 Å². The number of sulfonamides is 1. The maximum absolute atomic E-state index is 13.0. The number of hydrogen-bond donors (Lipinski definition) is 0. The van der Waals surface area contributed by atoms with E-state index < -0.39 is 10.0 Å². The molecule has 0 saturated carbocycles. The van der Waals surface area contributed by atoms with E-state index in [1.165, 1.54) is 4.31 Å². The van der Waals surface area contributed by atoms with Crippen LogP contribution in [-0.2, 0) is 29.4 Å². The van der Waals surface area contributed by atoms with Crippen molar-refractivity contribution in [1.82, 2.24) is 9.29 Å². The van der Waals surface area contributed by atoms with Crippen molar-refractivity contribution in [3.8, 4) is 5.75 Å². The van der Waals surface area contributed by atoms with E-state index in [1.54, 1.807) is 18.2 Å². The molecule has 1 aromatic heterocycles. The smallest absolute Gasteiger partial charge is 0.243 e. The largest absolute Gasteiger partial charge is 0.493 e. The zero-order valence-electron chi connectivity index (χ0n) is 13.8. The number of hydrogen-bond acceptors (Lipinski definition) is 5. The second kappa shape index (κ2) is 5.60. The topological polar surface area (TPSA) is 72.6 Å².